The van der Waals surface area contributed by atoms with Crippen molar-refractivity contribution in [2.24, 2.45) is 0 Å². The van der Waals surface area contributed by atoms with E-state index < -0.39 is 0 Å². The number of nitrogens with zero attached hydrogens (tertiary/aromatic N) is 2. The van der Waals surface area contributed by atoms with Crippen LogP contribution in [0.2, 0.25) is 0 Å². The molecule has 0 radical (unpaired) electrons. The highest BCUT2D eigenvalue weighted by Crippen LogP contribution is 2.32. The zero-order valence-corrected chi connectivity index (χ0v) is 11.8. The van der Waals surface area contributed by atoms with E-state index in [2.05, 4.69) is 22.2 Å². The molecule has 2 heterocycles. The van der Waals surface area contributed by atoms with Crippen molar-refractivity contribution in [3.05, 3.63) is 30.0 Å². The highest BCUT2D eigenvalue weighted by atomic mass is 35.5. The van der Waals surface area contributed by atoms with Crippen molar-refractivity contribution < 1.29 is 4.52 Å². The Balaban J connectivity index is 1.68. The molecule has 0 unspecified atom stereocenters. The SMILES string of the molecule is ClCCCN1CCC(c2noc3ccccc23)CC1. The molecule has 4 heteroatoms. The van der Waals surface area contributed by atoms with Gasteiger partial charge in [-0.1, -0.05) is 17.3 Å². The van der Waals surface area contributed by atoms with Crippen molar-refractivity contribution in [2.45, 2.75) is 25.2 Å². The van der Waals surface area contributed by atoms with Crippen LogP contribution in [0.15, 0.2) is 28.8 Å². The quantitative estimate of drug-likeness (QED) is 0.800. The summed E-state index contributed by atoms with van der Waals surface area (Å²) in [5.41, 5.74) is 2.05. The second kappa shape index (κ2) is 5.93. The molecule has 1 fully saturated rings. The fourth-order valence-electron chi connectivity index (χ4n) is 2.91. The van der Waals surface area contributed by atoms with E-state index in [0.29, 0.717) is 5.92 Å². The lowest BCUT2D eigenvalue weighted by Crippen LogP contribution is -2.33. The maximum Gasteiger partial charge on any atom is 0.167 e. The first-order valence-corrected chi connectivity index (χ1v) is 7.54. The van der Waals surface area contributed by atoms with Crippen molar-refractivity contribution in [1.29, 1.82) is 0 Å². The molecule has 1 aliphatic rings. The van der Waals surface area contributed by atoms with Crippen molar-refractivity contribution in [2.75, 3.05) is 25.5 Å². The van der Waals surface area contributed by atoms with E-state index in [1.54, 1.807) is 0 Å². The Hall–Kier alpha value is -1.06. The van der Waals surface area contributed by atoms with Gasteiger partial charge in [-0.15, -0.1) is 11.6 Å². The van der Waals surface area contributed by atoms with Crippen LogP contribution in [0.25, 0.3) is 11.0 Å². The molecule has 19 heavy (non-hydrogen) atoms. The van der Waals surface area contributed by atoms with Crippen molar-refractivity contribution in [3.8, 4) is 0 Å². The van der Waals surface area contributed by atoms with Gasteiger partial charge in [0.2, 0.25) is 0 Å². The van der Waals surface area contributed by atoms with Crippen LogP contribution in [0.3, 0.4) is 0 Å². The largest absolute Gasteiger partial charge is 0.356 e. The molecule has 0 atom stereocenters. The van der Waals surface area contributed by atoms with Crippen LogP contribution >= 0.6 is 11.6 Å². The number of rotatable bonds is 4. The molecule has 0 aliphatic carbocycles. The molecule has 1 saturated heterocycles. The molecule has 1 aliphatic heterocycles. The van der Waals surface area contributed by atoms with Gasteiger partial charge in [-0.2, -0.15) is 0 Å². The Kier molecular flexibility index (Phi) is 4.04. The minimum atomic E-state index is 0.538. The summed E-state index contributed by atoms with van der Waals surface area (Å²) in [5.74, 6) is 1.30. The van der Waals surface area contributed by atoms with Gasteiger partial charge in [0.15, 0.2) is 5.58 Å². The highest BCUT2D eigenvalue weighted by molar-refractivity contribution is 6.17. The lowest BCUT2D eigenvalue weighted by molar-refractivity contribution is 0.210. The van der Waals surface area contributed by atoms with Gasteiger partial charge in [-0.25, -0.2) is 0 Å². The maximum atomic E-state index is 5.75. The second-order valence-corrected chi connectivity index (χ2v) is 5.60. The zero-order valence-electron chi connectivity index (χ0n) is 11.0. The van der Waals surface area contributed by atoms with Gasteiger partial charge in [0, 0.05) is 17.2 Å². The third-order valence-corrected chi connectivity index (χ3v) is 4.25. The molecule has 0 amide bonds. The van der Waals surface area contributed by atoms with Crippen LogP contribution in [-0.4, -0.2) is 35.6 Å². The number of likely N-dealkylation sites (tertiary alicyclic amines) is 1. The maximum absolute atomic E-state index is 5.75. The Morgan fingerprint density at radius 3 is 2.84 bits per heavy atom. The summed E-state index contributed by atoms with van der Waals surface area (Å²) >= 11 is 5.75. The molecule has 0 saturated carbocycles. The average molecular weight is 279 g/mol. The summed E-state index contributed by atoms with van der Waals surface area (Å²) < 4.78 is 5.41. The zero-order chi connectivity index (χ0) is 13.1. The van der Waals surface area contributed by atoms with Gasteiger partial charge in [0.25, 0.3) is 0 Å². The lowest BCUT2D eigenvalue weighted by Gasteiger charge is -2.30. The van der Waals surface area contributed by atoms with Crippen LogP contribution in [0, 0.1) is 0 Å². The molecule has 0 N–H and O–H groups in total. The van der Waals surface area contributed by atoms with Crippen LogP contribution in [0.1, 0.15) is 30.9 Å². The predicted octanol–water partition coefficient (Wildman–Crippen LogP) is 3.64. The van der Waals surface area contributed by atoms with Crippen LogP contribution in [0.4, 0.5) is 0 Å². The molecule has 3 nitrogen and oxygen atoms in total. The van der Waals surface area contributed by atoms with E-state index in [1.165, 1.54) is 18.2 Å². The van der Waals surface area contributed by atoms with Gasteiger partial charge in [-0.05, 0) is 51.0 Å². The summed E-state index contributed by atoms with van der Waals surface area (Å²) in [6.45, 7) is 3.40. The predicted molar refractivity (Wildman–Crippen MR) is 77.8 cm³/mol. The van der Waals surface area contributed by atoms with Crippen LogP contribution < -0.4 is 0 Å². The smallest absolute Gasteiger partial charge is 0.167 e. The van der Waals surface area contributed by atoms with E-state index in [1.807, 2.05) is 12.1 Å². The van der Waals surface area contributed by atoms with Crippen molar-refractivity contribution >= 4 is 22.6 Å². The molecule has 3 rings (SSSR count). The van der Waals surface area contributed by atoms with E-state index in [0.717, 1.165) is 43.2 Å². The average Bonchev–Trinajstić information content (AvgIpc) is 2.90. The molecular weight excluding hydrogens is 260 g/mol. The molecule has 0 bridgehead atoms. The van der Waals surface area contributed by atoms with E-state index in [9.17, 15) is 0 Å². The van der Waals surface area contributed by atoms with Crippen LogP contribution in [0.5, 0.6) is 0 Å². The standard InChI is InChI=1S/C15H19ClN2O/c16-8-3-9-18-10-6-12(7-11-18)15-13-4-1-2-5-14(13)19-17-15/h1-2,4-5,12H,3,6-11H2. The number of piperidine rings is 1. The summed E-state index contributed by atoms with van der Waals surface area (Å²) in [6, 6.07) is 8.15. The Labute approximate surface area is 118 Å². The number of fused-ring (bicyclic) bond motifs is 1. The van der Waals surface area contributed by atoms with E-state index in [4.69, 9.17) is 16.1 Å². The monoisotopic (exact) mass is 278 g/mol. The topological polar surface area (TPSA) is 29.3 Å². The summed E-state index contributed by atoms with van der Waals surface area (Å²) in [4.78, 5) is 2.50. The Bertz CT molecular complexity index is 532. The molecule has 0 spiro atoms. The molecule has 1 aromatic heterocycles. The van der Waals surface area contributed by atoms with Gasteiger partial charge in [-0.3, -0.25) is 0 Å². The van der Waals surface area contributed by atoms with Crippen molar-refractivity contribution in [1.82, 2.24) is 10.1 Å². The lowest BCUT2D eigenvalue weighted by atomic mass is 9.91. The molecular formula is C15H19ClN2O. The van der Waals surface area contributed by atoms with Gasteiger partial charge >= 0.3 is 0 Å². The number of benzene rings is 1. The number of hydrogen-bond acceptors (Lipinski definition) is 3. The first-order chi connectivity index (χ1) is 9.38. The van der Waals surface area contributed by atoms with Crippen LogP contribution in [-0.2, 0) is 0 Å². The minimum Gasteiger partial charge on any atom is -0.356 e. The van der Waals surface area contributed by atoms with Gasteiger partial charge < -0.3 is 9.42 Å². The summed E-state index contributed by atoms with van der Waals surface area (Å²) in [6.07, 6.45) is 3.41. The Morgan fingerprint density at radius 1 is 1.26 bits per heavy atom. The summed E-state index contributed by atoms with van der Waals surface area (Å²) in [7, 11) is 0. The second-order valence-electron chi connectivity index (χ2n) is 5.22. The molecule has 102 valence electrons. The number of aromatic nitrogens is 1. The fraction of sp³-hybridized carbons (Fsp3) is 0.533. The number of halogens is 1. The van der Waals surface area contributed by atoms with Crippen molar-refractivity contribution in [3.63, 3.8) is 0 Å². The molecule has 1 aromatic carbocycles. The number of alkyl halides is 1. The Morgan fingerprint density at radius 2 is 2.05 bits per heavy atom. The third kappa shape index (κ3) is 2.77. The number of hydrogen-bond donors (Lipinski definition) is 0. The third-order valence-electron chi connectivity index (χ3n) is 3.99. The number of para-hydroxylation sites is 1. The molecule has 2 aromatic rings. The summed E-state index contributed by atoms with van der Waals surface area (Å²) in [5, 5.41) is 5.47. The highest BCUT2D eigenvalue weighted by Gasteiger charge is 2.24. The minimum absolute atomic E-state index is 0.538. The van der Waals surface area contributed by atoms with Gasteiger partial charge in [0.05, 0.1) is 5.69 Å². The first kappa shape index (κ1) is 12.9. The van der Waals surface area contributed by atoms with E-state index in [-0.39, 0.29) is 0 Å². The first-order valence-electron chi connectivity index (χ1n) is 7.01. The van der Waals surface area contributed by atoms with Gasteiger partial charge in [0.1, 0.15) is 0 Å². The van der Waals surface area contributed by atoms with E-state index >= 15 is 0 Å². The normalized spacial score (nSPS) is 18.2. The fourth-order valence-corrected chi connectivity index (χ4v) is 3.03.